The Bertz CT molecular complexity index is 619. The lowest BCUT2D eigenvalue weighted by atomic mass is 10.0. The van der Waals surface area contributed by atoms with Crippen LogP contribution in [0.15, 0.2) is 34.9 Å². The number of hydrogen-bond donors (Lipinski definition) is 2. The van der Waals surface area contributed by atoms with Crippen LogP contribution in [0.1, 0.15) is 26.0 Å². The molecule has 1 atom stereocenters. The zero-order valence-electron chi connectivity index (χ0n) is 12.6. The van der Waals surface area contributed by atoms with Gasteiger partial charge in [-0.05, 0) is 37.5 Å². The molecule has 0 spiro atoms. The first-order chi connectivity index (χ1) is 9.95. The number of nitrogens with two attached hydrogens (primary N) is 1. The fourth-order valence-electron chi connectivity index (χ4n) is 2.07. The van der Waals surface area contributed by atoms with Gasteiger partial charge in [-0.2, -0.15) is 0 Å². The van der Waals surface area contributed by atoms with E-state index in [4.69, 9.17) is 10.2 Å². The average Bonchev–Trinajstić information content (AvgIpc) is 2.85. The number of benzene rings is 1. The van der Waals surface area contributed by atoms with Crippen LogP contribution in [0, 0.1) is 12.8 Å². The molecule has 1 amide bonds. The monoisotopic (exact) mass is 287 g/mol. The fourth-order valence-corrected chi connectivity index (χ4v) is 2.07. The minimum atomic E-state index is -0.502. The Hall–Kier alpha value is -2.14. The molecule has 0 unspecified atom stereocenters. The Morgan fingerprint density at radius 3 is 2.81 bits per heavy atom. The van der Waals surface area contributed by atoms with E-state index in [9.17, 15) is 4.79 Å². The maximum Gasteiger partial charge on any atom is 0.241 e. The molecule has 0 aliphatic carbocycles. The molecule has 1 aromatic heterocycles. The summed E-state index contributed by atoms with van der Waals surface area (Å²) in [5.74, 6) is 0.742. The fraction of sp³-hybridized carbons (Fsp3) is 0.375. The van der Waals surface area contributed by atoms with Gasteiger partial charge in [-0.3, -0.25) is 4.79 Å². The predicted octanol–water partition coefficient (Wildman–Crippen LogP) is 2.96. The third-order valence-corrected chi connectivity index (χ3v) is 3.06. The van der Waals surface area contributed by atoms with Gasteiger partial charge in [0.25, 0.3) is 0 Å². The number of nitrogens with zero attached hydrogens (tertiary/aromatic N) is 1. The summed E-state index contributed by atoms with van der Waals surface area (Å²) in [5.41, 5.74) is 8.20. The summed E-state index contributed by atoms with van der Waals surface area (Å²) in [4.78, 5) is 16.3. The second kappa shape index (κ2) is 6.54. The van der Waals surface area contributed by atoms with Gasteiger partial charge in [-0.1, -0.05) is 19.9 Å². The highest BCUT2D eigenvalue weighted by Gasteiger charge is 2.15. The molecule has 0 radical (unpaired) electrons. The van der Waals surface area contributed by atoms with Gasteiger partial charge in [0.1, 0.15) is 6.26 Å². The van der Waals surface area contributed by atoms with E-state index < -0.39 is 6.04 Å². The standard InChI is InChI=1S/C16H21N3O2/c1-10(2)7-14(17)15(20)19-13-6-4-5-12(8-13)16-18-11(3)9-21-16/h4-6,8-10,14H,7,17H2,1-3H3,(H,19,20)/t14-/m0/s1. The molecule has 2 rings (SSSR count). The first-order valence-electron chi connectivity index (χ1n) is 7.04. The van der Waals surface area contributed by atoms with Crippen molar-refractivity contribution in [3.05, 3.63) is 36.2 Å². The summed E-state index contributed by atoms with van der Waals surface area (Å²) in [5, 5.41) is 2.83. The Balaban J connectivity index is 2.09. The molecule has 0 saturated carbocycles. The molecule has 5 heteroatoms. The smallest absolute Gasteiger partial charge is 0.241 e. The van der Waals surface area contributed by atoms with E-state index >= 15 is 0 Å². The Kier molecular flexibility index (Phi) is 4.75. The second-order valence-corrected chi connectivity index (χ2v) is 5.60. The summed E-state index contributed by atoms with van der Waals surface area (Å²) < 4.78 is 5.36. The number of amides is 1. The van der Waals surface area contributed by atoms with Crippen molar-refractivity contribution in [1.82, 2.24) is 4.98 Å². The molecule has 0 saturated heterocycles. The highest BCUT2D eigenvalue weighted by Crippen LogP contribution is 2.22. The molecule has 112 valence electrons. The largest absolute Gasteiger partial charge is 0.444 e. The second-order valence-electron chi connectivity index (χ2n) is 5.60. The van der Waals surface area contributed by atoms with Gasteiger partial charge in [-0.25, -0.2) is 4.98 Å². The van der Waals surface area contributed by atoms with Crippen molar-refractivity contribution in [3.63, 3.8) is 0 Å². The summed E-state index contributed by atoms with van der Waals surface area (Å²) in [6, 6.07) is 6.87. The number of rotatable bonds is 5. The molecule has 1 aromatic carbocycles. The molecule has 5 nitrogen and oxygen atoms in total. The van der Waals surface area contributed by atoms with Gasteiger partial charge in [0.2, 0.25) is 11.8 Å². The van der Waals surface area contributed by atoms with Crippen molar-refractivity contribution >= 4 is 11.6 Å². The van der Waals surface area contributed by atoms with Crippen LogP contribution in [-0.2, 0) is 4.79 Å². The van der Waals surface area contributed by atoms with Gasteiger partial charge in [-0.15, -0.1) is 0 Å². The minimum absolute atomic E-state index is 0.176. The van der Waals surface area contributed by atoms with Crippen molar-refractivity contribution in [1.29, 1.82) is 0 Å². The lowest BCUT2D eigenvalue weighted by molar-refractivity contribution is -0.117. The van der Waals surface area contributed by atoms with Crippen molar-refractivity contribution in [2.24, 2.45) is 11.7 Å². The first kappa shape index (κ1) is 15.3. The molecule has 1 heterocycles. The zero-order valence-corrected chi connectivity index (χ0v) is 12.6. The van der Waals surface area contributed by atoms with E-state index in [1.807, 2.05) is 45.0 Å². The van der Waals surface area contributed by atoms with Crippen LogP contribution >= 0.6 is 0 Å². The third-order valence-electron chi connectivity index (χ3n) is 3.06. The van der Waals surface area contributed by atoms with Crippen LogP contribution in [0.2, 0.25) is 0 Å². The van der Waals surface area contributed by atoms with E-state index in [0.29, 0.717) is 23.9 Å². The lowest BCUT2D eigenvalue weighted by Crippen LogP contribution is -2.36. The normalized spacial score (nSPS) is 12.4. The molecule has 0 bridgehead atoms. The van der Waals surface area contributed by atoms with Crippen LogP contribution in [-0.4, -0.2) is 16.9 Å². The topological polar surface area (TPSA) is 81.2 Å². The summed E-state index contributed by atoms with van der Waals surface area (Å²) >= 11 is 0. The van der Waals surface area contributed by atoms with Gasteiger partial charge in [0.05, 0.1) is 11.7 Å². The van der Waals surface area contributed by atoms with Crippen molar-refractivity contribution in [2.45, 2.75) is 33.2 Å². The minimum Gasteiger partial charge on any atom is -0.444 e. The Morgan fingerprint density at radius 2 is 2.19 bits per heavy atom. The Morgan fingerprint density at radius 1 is 1.43 bits per heavy atom. The van der Waals surface area contributed by atoms with Crippen molar-refractivity contribution in [3.8, 4) is 11.5 Å². The number of anilines is 1. The van der Waals surface area contributed by atoms with Crippen LogP contribution in [0.4, 0.5) is 5.69 Å². The van der Waals surface area contributed by atoms with E-state index in [-0.39, 0.29) is 5.91 Å². The first-order valence-corrected chi connectivity index (χ1v) is 7.04. The Labute approximate surface area is 124 Å². The number of hydrogen-bond acceptors (Lipinski definition) is 4. The molecule has 0 fully saturated rings. The third kappa shape index (κ3) is 4.16. The van der Waals surface area contributed by atoms with E-state index in [2.05, 4.69) is 10.3 Å². The molecule has 3 N–H and O–H groups in total. The molecule has 2 aromatic rings. The molecule has 0 aliphatic heterocycles. The maximum absolute atomic E-state index is 12.0. The quantitative estimate of drug-likeness (QED) is 0.885. The van der Waals surface area contributed by atoms with Gasteiger partial charge < -0.3 is 15.5 Å². The molecule has 21 heavy (non-hydrogen) atoms. The maximum atomic E-state index is 12.0. The van der Waals surface area contributed by atoms with Crippen LogP contribution in [0.3, 0.4) is 0 Å². The van der Waals surface area contributed by atoms with Crippen molar-refractivity contribution < 1.29 is 9.21 Å². The number of aromatic nitrogens is 1. The summed E-state index contributed by atoms with van der Waals surface area (Å²) in [7, 11) is 0. The van der Waals surface area contributed by atoms with Crippen LogP contribution < -0.4 is 11.1 Å². The van der Waals surface area contributed by atoms with Crippen molar-refractivity contribution in [2.75, 3.05) is 5.32 Å². The van der Waals surface area contributed by atoms with Gasteiger partial charge in [0.15, 0.2) is 0 Å². The molecular weight excluding hydrogens is 266 g/mol. The number of oxazole rings is 1. The zero-order chi connectivity index (χ0) is 15.4. The van der Waals surface area contributed by atoms with Gasteiger partial charge in [0, 0.05) is 11.3 Å². The highest BCUT2D eigenvalue weighted by molar-refractivity contribution is 5.95. The van der Waals surface area contributed by atoms with Crippen LogP contribution in [0.5, 0.6) is 0 Å². The highest BCUT2D eigenvalue weighted by atomic mass is 16.3. The predicted molar refractivity (Wildman–Crippen MR) is 82.7 cm³/mol. The lowest BCUT2D eigenvalue weighted by Gasteiger charge is -2.14. The molecular formula is C16H21N3O2. The van der Waals surface area contributed by atoms with E-state index in [1.54, 1.807) is 6.26 Å². The van der Waals surface area contributed by atoms with E-state index in [1.165, 1.54) is 0 Å². The number of nitrogens with one attached hydrogen (secondary N) is 1. The van der Waals surface area contributed by atoms with Crippen LogP contribution in [0.25, 0.3) is 11.5 Å². The van der Waals surface area contributed by atoms with Gasteiger partial charge >= 0.3 is 0 Å². The average molecular weight is 287 g/mol. The summed E-state index contributed by atoms with van der Waals surface area (Å²) in [6.07, 6.45) is 2.25. The summed E-state index contributed by atoms with van der Waals surface area (Å²) in [6.45, 7) is 5.95. The molecule has 0 aliphatic rings. The number of aryl methyl sites for hydroxylation is 1. The van der Waals surface area contributed by atoms with E-state index in [0.717, 1.165) is 11.3 Å². The SMILES string of the molecule is Cc1coc(-c2cccc(NC(=O)[C@@H](N)CC(C)C)c2)n1. The number of carbonyl (C=O) groups excluding carboxylic acids is 1. The number of carbonyl (C=O) groups is 1.